The minimum Gasteiger partial charge on any atom is -0.459 e. The van der Waals surface area contributed by atoms with Crippen LogP contribution >= 0.6 is 0 Å². The third kappa shape index (κ3) is 9.51. The molecule has 3 rings (SSSR count). The minimum absolute atomic E-state index is 0.0936. The number of likely N-dealkylation sites (N-methyl/N-ethyl adjacent to an activating group) is 1. The molecule has 0 spiro atoms. The molecule has 0 saturated carbocycles. The number of cyclic esters (lactones) is 1. The number of methoxy groups -OCH3 is 1. The van der Waals surface area contributed by atoms with Crippen LogP contribution in [-0.4, -0.2) is 148 Å². The number of hydrogen-bond acceptors (Lipinski definition) is 14. The predicted molar refractivity (Wildman–Crippen MR) is 186 cm³/mol. The summed E-state index contributed by atoms with van der Waals surface area (Å²) in [6.07, 6.45) is -9.71. The molecule has 51 heavy (non-hydrogen) atoms. The number of carbonyl (C=O) groups is 2. The number of ketones is 1. The molecule has 0 aliphatic carbocycles. The number of aliphatic hydroxyl groups is 5. The molecule has 3 saturated heterocycles. The molecule has 14 heteroatoms. The van der Waals surface area contributed by atoms with Gasteiger partial charge in [0.2, 0.25) is 0 Å². The molecular weight excluding hydrogens is 666 g/mol. The summed E-state index contributed by atoms with van der Waals surface area (Å²) in [7, 11) is 5.18. The van der Waals surface area contributed by atoms with E-state index >= 15 is 0 Å². The SMILES string of the molecule is CC[C@H]1OC(=O)[C@H](C)[C@@H](O[C@H]2C[C@@](C)(OC)C(O)[C@H](C)O2)[C@H](C)[C@@H](O[C@@H]2O[C@H](C)C[C@H](N(C)C)[C@H]2O)[C@](C)(O)C[C@@H](C)C(=O)[C@H](C)[C@@H](O)[C@]1(C)O. The number of hydrogen-bond donors (Lipinski definition) is 5. The maximum atomic E-state index is 14.1. The van der Waals surface area contributed by atoms with Gasteiger partial charge >= 0.3 is 5.97 Å². The van der Waals surface area contributed by atoms with Gasteiger partial charge in [-0.15, -0.1) is 0 Å². The van der Waals surface area contributed by atoms with Gasteiger partial charge in [-0.05, 0) is 74.9 Å². The Morgan fingerprint density at radius 1 is 0.882 bits per heavy atom. The van der Waals surface area contributed by atoms with Crippen LogP contribution in [0.5, 0.6) is 0 Å². The van der Waals surface area contributed by atoms with Crippen molar-refractivity contribution in [1.82, 2.24) is 4.90 Å². The minimum atomic E-state index is -1.99. The van der Waals surface area contributed by atoms with Gasteiger partial charge in [-0.3, -0.25) is 9.59 Å². The zero-order valence-electron chi connectivity index (χ0n) is 32.9. The highest BCUT2D eigenvalue weighted by Gasteiger charge is 2.53. The van der Waals surface area contributed by atoms with E-state index in [0.717, 1.165) is 0 Å². The molecule has 0 aromatic rings. The first kappa shape index (κ1) is 44.1. The van der Waals surface area contributed by atoms with Gasteiger partial charge < -0.3 is 58.9 Å². The Kier molecular flexibility index (Phi) is 14.7. The van der Waals surface area contributed by atoms with Gasteiger partial charge in [-0.25, -0.2) is 0 Å². The van der Waals surface area contributed by atoms with Crippen molar-refractivity contribution in [3.05, 3.63) is 0 Å². The van der Waals surface area contributed by atoms with Crippen molar-refractivity contribution in [2.75, 3.05) is 21.2 Å². The molecule has 0 radical (unpaired) electrons. The largest absolute Gasteiger partial charge is 0.459 e. The van der Waals surface area contributed by atoms with E-state index in [1.807, 2.05) is 25.9 Å². The van der Waals surface area contributed by atoms with Gasteiger partial charge in [0.1, 0.15) is 29.7 Å². The quantitative estimate of drug-likeness (QED) is 0.238. The summed E-state index contributed by atoms with van der Waals surface area (Å²) in [6.45, 7) is 16.3. The molecule has 3 aliphatic rings. The van der Waals surface area contributed by atoms with Gasteiger partial charge in [-0.1, -0.05) is 27.7 Å². The molecular formula is C37H67NO13. The van der Waals surface area contributed by atoms with Crippen molar-refractivity contribution in [3.63, 3.8) is 0 Å². The summed E-state index contributed by atoms with van der Waals surface area (Å²) in [4.78, 5) is 29.8. The van der Waals surface area contributed by atoms with Crippen LogP contribution in [0.3, 0.4) is 0 Å². The summed E-state index contributed by atoms with van der Waals surface area (Å²) in [5.41, 5.74) is -4.84. The molecule has 0 aromatic heterocycles. The molecule has 1 unspecified atom stereocenters. The van der Waals surface area contributed by atoms with Crippen LogP contribution in [0, 0.1) is 23.7 Å². The normalized spacial score (nSPS) is 49.7. The Balaban J connectivity index is 2.18. The monoisotopic (exact) mass is 733 g/mol. The molecule has 298 valence electrons. The van der Waals surface area contributed by atoms with Crippen LogP contribution in [0.2, 0.25) is 0 Å². The van der Waals surface area contributed by atoms with Crippen LogP contribution in [0.1, 0.15) is 94.9 Å². The lowest BCUT2D eigenvalue weighted by molar-refractivity contribution is -0.318. The van der Waals surface area contributed by atoms with Crippen molar-refractivity contribution in [1.29, 1.82) is 0 Å². The second-order valence-electron chi connectivity index (χ2n) is 16.5. The number of Topliss-reactive ketones (excluding diaryl/α,β-unsaturated/α-hetero) is 1. The zero-order chi connectivity index (χ0) is 39.0. The number of esters is 1. The van der Waals surface area contributed by atoms with Crippen molar-refractivity contribution in [3.8, 4) is 0 Å². The van der Waals surface area contributed by atoms with E-state index in [4.69, 9.17) is 28.4 Å². The van der Waals surface area contributed by atoms with Crippen molar-refractivity contribution in [2.45, 2.75) is 179 Å². The summed E-state index contributed by atoms with van der Waals surface area (Å²) < 4.78 is 37.1. The molecule has 0 amide bonds. The van der Waals surface area contributed by atoms with E-state index in [1.54, 1.807) is 41.5 Å². The fraction of sp³-hybridized carbons (Fsp3) is 0.946. The highest BCUT2D eigenvalue weighted by Crippen LogP contribution is 2.40. The van der Waals surface area contributed by atoms with Crippen molar-refractivity contribution in [2.24, 2.45) is 23.7 Å². The third-order valence-electron chi connectivity index (χ3n) is 11.8. The lowest BCUT2D eigenvalue weighted by atomic mass is 9.74. The zero-order valence-corrected chi connectivity index (χ0v) is 32.9. The van der Waals surface area contributed by atoms with Gasteiger partial charge in [-0.2, -0.15) is 0 Å². The second-order valence-corrected chi connectivity index (χ2v) is 16.5. The smallest absolute Gasteiger partial charge is 0.311 e. The van der Waals surface area contributed by atoms with E-state index in [0.29, 0.717) is 6.42 Å². The second kappa shape index (κ2) is 17.0. The number of rotatable bonds is 7. The fourth-order valence-corrected chi connectivity index (χ4v) is 8.41. The van der Waals surface area contributed by atoms with Crippen LogP contribution in [0.25, 0.3) is 0 Å². The molecule has 0 aromatic carbocycles. The predicted octanol–water partition coefficient (Wildman–Crippen LogP) is 1.79. The average Bonchev–Trinajstić information content (AvgIpc) is 3.05. The standard InChI is InChI=1S/C37H67NO13/c1-14-25-37(10,45)30(41)20(4)27(39)18(2)16-35(8,44)32(51-34-28(40)24(38(11)12)15-19(3)47-34)21(5)29(22(6)33(43)49-25)50-26-17-36(9,46-13)31(42)23(7)48-26/h18-26,28-32,34,40-42,44-45H,14-17H2,1-13H3/t18-,19-,20+,21+,22-,23+,24+,25-,26+,28-,29+,30-,31?,32-,34+,35-,36-,37-/m1/s1. The molecule has 3 aliphatic heterocycles. The summed E-state index contributed by atoms with van der Waals surface area (Å²) in [6, 6.07) is -0.324. The fourth-order valence-electron chi connectivity index (χ4n) is 8.41. The Labute approximate surface area is 304 Å². The van der Waals surface area contributed by atoms with Crippen molar-refractivity contribution < 1.29 is 63.5 Å². The first-order chi connectivity index (χ1) is 23.4. The third-order valence-corrected chi connectivity index (χ3v) is 11.8. The number of aliphatic hydroxyl groups excluding tert-OH is 3. The molecule has 5 N–H and O–H groups in total. The van der Waals surface area contributed by atoms with Gasteiger partial charge in [0.05, 0.1) is 47.6 Å². The number of ether oxygens (including phenoxy) is 6. The van der Waals surface area contributed by atoms with E-state index in [9.17, 15) is 35.1 Å². The molecule has 0 bridgehead atoms. The van der Waals surface area contributed by atoms with Crippen LogP contribution in [-0.2, 0) is 38.0 Å². The van der Waals surface area contributed by atoms with Crippen molar-refractivity contribution >= 4 is 11.8 Å². The number of nitrogens with zero attached hydrogens (tertiary/aromatic N) is 1. The Morgan fingerprint density at radius 2 is 1.49 bits per heavy atom. The Hall–Kier alpha value is -1.30. The summed E-state index contributed by atoms with van der Waals surface area (Å²) >= 11 is 0. The van der Waals surface area contributed by atoms with Gasteiger partial charge in [0, 0.05) is 37.3 Å². The molecule has 3 heterocycles. The maximum absolute atomic E-state index is 14.1. The lowest BCUT2D eigenvalue weighted by Gasteiger charge is -2.49. The average molecular weight is 734 g/mol. The van der Waals surface area contributed by atoms with Gasteiger partial charge in [0.15, 0.2) is 12.6 Å². The summed E-state index contributed by atoms with van der Waals surface area (Å²) in [5, 5.41) is 57.6. The molecule has 14 nitrogen and oxygen atoms in total. The molecule has 18 atom stereocenters. The van der Waals surface area contributed by atoms with E-state index in [2.05, 4.69) is 0 Å². The first-order valence-electron chi connectivity index (χ1n) is 18.5. The Bertz CT molecular complexity index is 1170. The van der Waals surface area contributed by atoms with E-state index in [-0.39, 0.29) is 31.4 Å². The summed E-state index contributed by atoms with van der Waals surface area (Å²) in [5.74, 6) is -4.98. The topological polar surface area (TPSA) is 194 Å². The van der Waals surface area contributed by atoms with Crippen LogP contribution in [0.4, 0.5) is 0 Å². The van der Waals surface area contributed by atoms with Crippen LogP contribution < -0.4 is 0 Å². The molecule has 3 fully saturated rings. The maximum Gasteiger partial charge on any atom is 0.311 e. The highest BCUT2D eigenvalue weighted by molar-refractivity contribution is 5.83. The highest BCUT2D eigenvalue weighted by atomic mass is 16.7. The lowest BCUT2D eigenvalue weighted by Crippen LogP contribution is -2.61. The van der Waals surface area contributed by atoms with E-state index in [1.165, 1.54) is 27.9 Å². The van der Waals surface area contributed by atoms with Crippen LogP contribution in [0.15, 0.2) is 0 Å². The van der Waals surface area contributed by atoms with E-state index < -0.39 is 108 Å². The Morgan fingerprint density at radius 3 is 2.04 bits per heavy atom. The number of carbonyl (C=O) groups excluding carboxylic acids is 2. The first-order valence-corrected chi connectivity index (χ1v) is 18.5. The van der Waals surface area contributed by atoms with Gasteiger partial charge in [0.25, 0.3) is 0 Å².